The Morgan fingerprint density at radius 1 is 1.44 bits per heavy atom. The molecule has 0 aliphatic heterocycles. The van der Waals surface area contributed by atoms with E-state index in [4.69, 9.17) is 5.73 Å². The number of H-pyrrole nitrogens is 1. The van der Waals surface area contributed by atoms with Gasteiger partial charge in [0.1, 0.15) is 5.52 Å². The highest BCUT2D eigenvalue weighted by molar-refractivity contribution is 5.83. The fraction of sp³-hybridized carbons (Fsp3) is 0.500. The van der Waals surface area contributed by atoms with Gasteiger partial charge in [-0.15, -0.1) is 0 Å². The molecular formula is C10H16N6. The zero-order chi connectivity index (χ0) is 11.5. The van der Waals surface area contributed by atoms with Gasteiger partial charge in [-0.2, -0.15) is 9.97 Å². The Morgan fingerprint density at radius 3 is 3.00 bits per heavy atom. The number of nitrogens with two attached hydrogens (primary N) is 1. The van der Waals surface area contributed by atoms with Crippen LogP contribution in [0.4, 0.5) is 11.8 Å². The second-order valence-corrected chi connectivity index (χ2v) is 4.14. The normalized spacial score (nSPS) is 11.2. The van der Waals surface area contributed by atoms with Crippen LogP contribution in [0.3, 0.4) is 0 Å². The summed E-state index contributed by atoms with van der Waals surface area (Å²) in [6.07, 6.45) is 2.67. The SMILES string of the molecule is CC(C)CCNc1nc(N)nc2[nH]cnc12. The number of aromatic amines is 1. The van der Waals surface area contributed by atoms with Crippen molar-refractivity contribution >= 4 is 22.9 Å². The van der Waals surface area contributed by atoms with E-state index >= 15 is 0 Å². The van der Waals surface area contributed by atoms with Crippen molar-refractivity contribution < 1.29 is 0 Å². The number of fused-ring (bicyclic) bond motifs is 1. The number of aromatic nitrogens is 4. The van der Waals surface area contributed by atoms with Gasteiger partial charge in [0.25, 0.3) is 0 Å². The molecular weight excluding hydrogens is 204 g/mol. The summed E-state index contributed by atoms with van der Waals surface area (Å²) in [4.78, 5) is 15.3. The van der Waals surface area contributed by atoms with Crippen molar-refractivity contribution in [2.45, 2.75) is 20.3 Å². The number of hydrogen-bond donors (Lipinski definition) is 3. The van der Waals surface area contributed by atoms with Gasteiger partial charge in [-0.25, -0.2) is 4.98 Å². The lowest BCUT2D eigenvalue weighted by molar-refractivity contribution is 0.607. The van der Waals surface area contributed by atoms with Gasteiger partial charge in [-0.3, -0.25) is 0 Å². The summed E-state index contributed by atoms with van der Waals surface area (Å²) >= 11 is 0. The van der Waals surface area contributed by atoms with Crippen molar-refractivity contribution in [3.63, 3.8) is 0 Å². The Kier molecular flexibility index (Phi) is 2.89. The molecule has 0 saturated heterocycles. The largest absolute Gasteiger partial charge is 0.368 e. The van der Waals surface area contributed by atoms with Crippen molar-refractivity contribution in [3.8, 4) is 0 Å². The Labute approximate surface area is 93.7 Å². The smallest absolute Gasteiger partial charge is 0.224 e. The lowest BCUT2D eigenvalue weighted by Gasteiger charge is -2.08. The van der Waals surface area contributed by atoms with E-state index in [0.29, 0.717) is 17.4 Å². The van der Waals surface area contributed by atoms with E-state index in [2.05, 4.69) is 39.1 Å². The molecule has 0 fully saturated rings. The molecule has 0 bridgehead atoms. The number of imidazole rings is 1. The van der Waals surface area contributed by atoms with Gasteiger partial charge in [0, 0.05) is 6.54 Å². The third kappa shape index (κ3) is 2.21. The summed E-state index contributed by atoms with van der Waals surface area (Å²) in [6.45, 7) is 5.22. The predicted molar refractivity (Wildman–Crippen MR) is 64.0 cm³/mol. The van der Waals surface area contributed by atoms with E-state index in [1.54, 1.807) is 6.33 Å². The van der Waals surface area contributed by atoms with Crippen LogP contribution >= 0.6 is 0 Å². The Balaban J connectivity index is 2.19. The number of hydrogen-bond acceptors (Lipinski definition) is 5. The van der Waals surface area contributed by atoms with Gasteiger partial charge in [-0.1, -0.05) is 13.8 Å². The van der Waals surface area contributed by atoms with Crippen LogP contribution < -0.4 is 11.1 Å². The van der Waals surface area contributed by atoms with E-state index in [1.807, 2.05) is 0 Å². The molecule has 6 heteroatoms. The molecule has 2 rings (SSSR count). The topological polar surface area (TPSA) is 92.5 Å². The standard InChI is InChI=1S/C10H16N6/c1-6(2)3-4-12-8-7-9(14-5-13-7)16-10(11)15-8/h5-6H,3-4H2,1-2H3,(H4,11,12,13,14,15,16). The van der Waals surface area contributed by atoms with Crippen LogP contribution in [-0.4, -0.2) is 26.5 Å². The maximum Gasteiger partial charge on any atom is 0.224 e. The zero-order valence-corrected chi connectivity index (χ0v) is 9.49. The Morgan fingerprint density at radius 2 is 2.25 bits per heavy atom. The van der Waals surface area contributed by atoms with Crippen molar-refractivity contribution in [2.24, 2.45) is 5.92 Å². The third-order valence-electron chi connectivity index (χ3n) is 2.31. The second-order valence-electron chi connectivity index (χ2n) is 4.14. The summed E-state index contributed by atoms with van der Waals surface area (Å²) in [5, 5.41) is 3.23. The summed E-state index contributed by atoms with van der Waals surface area (Å²) in [5.41, 5.74) is 7.01. The zero-order valence-electron chi connectivity index (χ0n) is 9.49. The fourth-order valence-corrected chi connectivity index (χ4v) is 1.46. The Bertz CT molecular complexity index is 475. The van der Waals surface area contributed by atoms with Gasteiger partial charge >= 0.3 is 0 Å². The molecule has 2 aromatic rings. The lowest BCUT2D eigenvalue weighted by Crippen LogP contribution is -2.08. The number of rotatable bonds is 4. The molecule has 0 atom stereocenters. The molecule has 2 aromatic heterocycles. The molecule has 0 spiro atoms. The van der Waals surface area contributed by atoms with E-state index in [1.165, 1.54) is 0 Å². The number of nitrogen functional groups attached to an aromatic ring is 1. The van der Waals surface area contributed by atoms with E-state index in [9.17, 15) is 0 Å². The molecule has 0 aliphatic carbocycles. The average molecular weight is 220 g/mol. The van der Waals surface area contributed by atoms with Crippen LogP contribution in [0.15, 0.2) is 6.33 Å². The lowest BCUT2D eigenvalue weighted by atomic mass is 10.1. The summed E-state index contributed by atoms with van der Waals surface area (Å²) < 4.78 is 0. The quantitative estimate of drug-likeness (QED) is 0.724. The van der Waals surface area contributed by atoms with Crippen molar-refractivity contribution in [1.82, 2.24) is 19.9 Å². The van der Waals surface area contributed by atoms with E-state index in [0.717, 1.165) is 18.5 Å². The van der Waals surface area contributed by atoms with Gasteiger partial charge < -0.3 is 16.0 Å². The maximum absolute atomic E-state index is 5.61. The molecule has 0 radical (unpaired) electrons. The molecule has 2 heterocycles. The highest BCUT2D eigenvalue weighted by Crippen LogP contribution is 2.17. The van der Waals surface area contributed by atoms with Crippen molar-refractivity contribution in [2.75, 3.05) is 17.6 Å². The molecule has 0 aliphatic rings. The maximum atomic E-state index is 5.61. The van der Waals surface area contributed by atoms with Crippen LogP contribution in [0, 0.1) is 5.92 Å². The first-order valence-corrected chi connectivity index (χ1v) is 5.37. The van der Waals surface area contributed by atoms with Crippen LogP contribution in [0.25, 0.3) is 11.2 Å². The Hall–Kier alpha value is -1.85. The number of nitrogens with zero attached hydrogens (tertiary/aromatic N) is 3. The van der Waals surface area contributed by atoms with Gasteiger partial charge in [-0.05, 0) is 12.3 Å². The van der Waals surface area contributed by atoms with Crippen LogP contribution in [0.5, 0.6) is 0 Å². The molecule has 0 unspecified atom stereocenters. The van der Waals surface area contributed by atoms with Crippen LogP contribution in [0.1, 0.15) is 20.3 Å². The third-order valence-corrected chi connectivity index (χ3v) is 2.31. The van der Waals surface area contributed by atoms with E-state index < -0.39 is 0 Å². The van der Waals surface area contributed by atoms with Crippen LogP contribution in [-0.2, 0) is 0 Å². The molecule has 6 nitrogen and oxygen atoms in total. The minimum absolute atomic E-state index is 0.254. The minimum Gasteiger partial charge on any atom is -0.368 e. The van der Waals surface area contributed by atoms with E-state index in [-0.39, 0.29) is 5.95 Å². The second kappa shape index (κ2) is 4.34. The highest BCUT2D eigenvalue weighted by Gasteiger charge is 2.07. The molecule has 0 saturated carbocycles. The summed E-state index contributed by atoms with van der Waals surface area (Å²) in [7, 11) is 0. The first-order chi connectivity index (χ1) is 7.66. The minimum atomic E-state index is 0.254. The fourth-order valence-electron chi connectivity index (χ4n) is 1.46. The highest BCUT2D eigenvalue weighted by atomic mass is 15.1. The van der Waals surface area contributed by atoms with Crippen LogP contribution in [0.2, 0.25) is 0 Å². The first-order valence-electron chi connectivity index (χ1n) is 5.37. The predicted octanol–water partition coefficient (Wildman–Crippen LogP) is 1.39. The van der Waals surface area contributed by atoms with Gasteiger partial charge in [0.05, 0.1) is 6.33 Å². The molecule has 0 aromatic carbocycles. The van der Waals surface area contributed by atoms with Crippen molar-refractivity contribution in [1.29, 1.82) is 0 Å². The monoisotopic (exact) mass is 220 g/mol. The molecule has 0 amide bonds. The molecule has 4 N–H and O–H groups in total. The molecule has 86 valence electrons. The van der Waals surface area contributed by atoms with Crippen molar-refractivity contribution in [3.05, 3.63) is 6.33 Å². The average Bonchev–Trinajstić information content (AvgIpc) is 2.64. The summed E-state index contributed by atoms with van der Waals surface area (Å²) in [5.74, 6) is 1.61. The molecule has 16 heavy (non-hydrogen) atoms. The number of nitrogens with one attached hydrogen (secondary N) is 2. The van der Waals surface area contributed by atoms with Gasteiger partial charge in [0.2, 0.25) is 5.95 Å². The van der Waals surface area contributed by atoms with Gasteiger partial charge in [0.15, 0.2) is 11.5 Å². The summed E-state index contributed by atoms with van der Waals surface area (Å²) in [6, 6.07) is 0. The first kappa shape index (κ1) is 10.7. The number of anilines is 2.